The third kappa shape index (κ3) is 6.69. The lowest BCUT2D eigenvalue weighted by Gasteiger charge is -2.14. The minimum absolute atomic E-state index is 0.0334. The van der Waals surface area contributed by atoms with Crippen molar-refractivity contribution < 1.29 is 14.4 Å². The maximum atomic E-state index is 12.2. The number of nitrogens with zero attached hydrogens (tertiary/aromatic N) is 2. The SMILES string of the molecule is CC(C)[S+]([O-])c1ccc(-c2cncc(C(=N)OC(=N)c3ccc(CNCCO)cc3)n2)cc1. The Morgan fingerprint density at radius 2 is 1.76 bits per heavy atom. The maximum Gasteiger partial charge on any atom is 0.241 e. The van der Waals surface area contributed by atoms with Crippen LogP contribution in [0, 0.1) is 10.8 Å². The van der Waals surface area contributed by atoms with Gasteiger partial charge in [0.15, 0.2) is 4.90 Å². The predicted octanol–water partition coefficient (Wildman–Crippen LogP) is 3.11. The van der Waals surface area contributed by atoms with Gasteiger partial charge >= 0.3 is 0 Å². The molecule has 9 heteroatoms. The summed E-state index contributed by atoms with van der Waals surface area (Å²) in [7, 11) is 0. The highest BCUT2D eigenvalue weighted by Crippen LogP contribution is 2.22. The second-order valence-electron chi connectivity index (χ2n) is 7.52. The molecule has 3 aromatic rings. The molecule has 0 spiro atoms. The van der Waals surface area contributed by atoms with Crippen molar-refractivity contribution in [3.63, 3.8) is 0 Å². The predicted molar refractivity (Wildman–Crippen MR) is 129 cm³/mol. The van der Waals surface area contributed by atoms with Crippen molar-refractivity contribution in [2.24, 2.45) is 0 Å². The highest BCUT2D eigenvalue weighted by atomic mass is 32.2. The molecule has 1 heterocycles. The summed E-state index contributed by atoms with van der Waals surface area (Å²) in [5, 5.41) is 28.3. The number of benzene rings is 2. The molecule has 8 nitrogen and oxygen atoms in total. The molecule has 0 saturated heterocycles. The number of aromatic nitrogens is 2. The topological polar surface area (TPSA) is 138 Å². The van der Waals surface area contributed by atoms with Gasteiger partial charge in [-0.3, -0.25) is 15.8 Å². The molecular weight excluding hydrogens is 438 g/mol. The van der Waals surface area contributed by atoms with E-state index in [1.54, 1.807) is 30.5 Å². The Labute approximate surface area is 196 Å². The van der Waals surface area contributed by atoms with Crippen LogP contribution < -0.4 is 5.32 Å². The number of nitrogens with one attached hydrogen (secondary N) is 3. The Balaban J connectivity index is 1.66. The van der Waals surface area contributed by atoms with Crippen LogP contribution in [0.3, 0.4) is 0 Å². The van der Waals surface area contributed by atoms with Gasteiger partial charge in [0.1, 0.15) is 10.9 Å². The molecule has 1 unspecified atom stereocenters. The van der Waals surface area contributed by atoms with Crippen LogP contribution in [0.4, 0.5) is 0 Å². The fourth-order valence-corrected chi connectivity index (χ4v) is 3.89. The highest BCUT2D eigenvalue weighted by molar-refractivity contribution is 7.92. The standard InChI is InChI=1S/C24H27N5O3S/c1-16(2)33(31)20-9-7-18(8-10-20)21-14-28-15-22(29-21)24(26)32-23(25)19-5-3-17(4-6-19)13-27-11-12-30/h3-10,14-16,25-27,30H,11-13H2,1-2H3. The third-order valence-electron chi connectivity index (χ3n) is 4.72. The van der Waals surface area contributed by atoms with Crippen molar-refractivity contribution in [1.29, 1.82) is 10.8 Å². The summed E-state index contributed by atoms with van der Waals surface area (Å²) in [6, 6.07) is 14.5. The molecule has 0 bridgehead atoms. The molecule has 0 aliphatic heterocycles. The third-order valence-corrected chi connectivity index (χ3v) is 6.31. The maximum absolute atomic E-state index is 12.2. The summed E-state index contributed by atoms with van der Waals surface area (Å²) in [4.78, 5) is 9.35. The second-order valence-corrected chi connectivity index (χ2v) is 9.53. The summed E-state index contributed by atoms with van der Waals surface area (Å²) in [5.41, 5.74) is 3.08. The Morgan fingerprint density at radius 3 is 2.39 bits per heavy atom. The zero-order valence-electron chi connectivity index (χ0n) is 18.5. The van der Waals surface area contributed by atoms with Crippen LogP contribution in [0.15, 0.2) is 65.8 Å². The molecule has 4 N–H and O–H groups in total. The van der Waals surface area contributed by atoms with E-state index in [1.165, 1.54) is 6.20 Å². The van der Waals surface area contributed by atoms with Crippen LogP contribution in [0.25, 0.3) is 11.3 Å². The highest BCUT2D eigenvalue weighted by Gasteiger charge is 2.16. The molecule has 0 radical (unpaired) electrons. The Bertz CT molecular complexity index is 1090. The zero-order valence-corrected chi connectivity index (χ0v) is 19.4. The van der Waals surface area contributed by atoms with Gasteiger partial charge in [-0.05, 0) is 67.0 Å². The zero-order chi connectivity index (χ0) is 23.8. The van der Waals surface area contributed by atoms with Crippen LogP contribution in [0.2, 0.25) is 0 Å². The van der Waals surface area contributed by atoms with Crippen molar-refractivity contribution >= 4 is 23.0 Å². The largest absolute Gasteiger partial charge is 0.611 e. The number of rotatable bonds is 9. The molecular formula is C24H27N5O3S. The first kappa shape index (κ1) is 24.5. The van der Waals surface area contributed by atoms with E-state index in [2.05, 4.69) is 15.3 Å². The average Bonchev–Trinajstić information content (AvgIpc) is 2.84. The minimum atomic E-state index is -1.07. The van der Waals surface area contributed by atoms with Gasteiger partial charge in [0.2, 0.25) is 11.8 Å². The fourth-order valence-electron chi connectivity index (χ4n) is 2.95. The monoisotopic (exact) mass is 465 g/mol. The van der Waals surface area contributed by atoms with E-state index in [-0.39, 0.29) is 29.3 Å². The molecule has 0 saturated carbocycles. The lowest BCUT2D eigenvalue weighted by atomic mass is 10.1. The van der Waals surface area contributed by atoms with E-state index >= 15 is 0 Å². The van der Waals surface area contributed by atoms with Crippen molar-refractivity contribution in [2.45, 2.75) is 30.5 Å². The number of hydrogen-bond donors (Lipinski definition) is 4. The average molecular weight is 466 g/mol. The molecule has 0 fully saturated rings. The molecule has 1 aromatic heterocycles. The molecule has 33 heavy (non-hydrogen) atoms. The number of ether oxygens (including phenoxy) is 1. The van der Waals surface area contributed by atoms with E-state index in [4.69, 9.17) is 20.7 Å². The Hall–Kier alpha value is -3.11. The summed E-state index contributed by atoms with van der Waals surface area (Å²) < 4.78 is 17.6. The van der Waals surface area contributed by atoms with Crippen molar-refractivity contribution in [3.05, 3.63) is 77.7 Å². The number of aliphatic hydroxyl groups is 1. The summed E-state index contributed by atoms with van der Waals surface area (Å²) >= 11 is -1.07. The second kappa shape index (κ2) is 11.7. The fraction of sp³-hybridized carbons (Fsp3) is 0.250. The summed E-state index contributed by atoms with van der Waals surface area (Å²) in [6.07, 6.45) is 3.00. The first-order valence-corrected chi connectivity index (χ1v) is 11.7. The number of aliphatic hydroxyl groups excluding tert-OH is 1. The lowest BCUT2D eigenvalue weighted by molar-refractivity contribution is 0.292. The van der Waals surface area contributed by atoms with Crippen LogP contribution in [0.1, 0.15) is 30.7 Å². The van der Waals surface area contributed by atoms with Gasteiger partial charge in [0.25, 0.3) is 0 Å². The van der Waals surface area contributed by atoms with Crippen LogP contribution in [-0.4, -0.2) is 49.8 Å². The van der Waals surface area contributed by atoms with Gasteiger partial charge in [-0.25, -0.2) is 4.98 Å². The molecule has 0 aliphatic carbocycles. The van der Waals surface area contributed by atoms with Crippen LogP contribution in [-0.2, 0) is 22.5 Å². The van der Waals surface area contributed by atoms with E-state index < -0.39 is 11.2 Å². The summed E-state index contributed by atoms with van der Waals surface area (Å²) in [6.45, 7) is 5.02. The molecule has 0 amide bonds. The van der Waals surface area contributed by atoms with Crippen molar-refractivity contribution in [2.75, 3.05) is 13.2 Å². The Kier molecular flexibility index (Phi) is 8.67. The quantitative estimate of drug-likeness (QED) is 0.166. The van der Waals surface area contributed by atoms with E-state index in [0.29, 0.717) is 24.3 Å². The first-order valence-electron chi connectivity index (χ1n) is 10.5. The van der Waals surface area contributed by atoms with Crippen molar-refractivity contribution in [1.82, 2.24) is 15.3 Å². The van der Waals surface area contributed by atoms with Gasteiger partial charge in [0, 0.05) is 24.2 Å². The van der Waals surface area contributed by atoms with Gasteiger partial charge < -0.3 is 19.7 Å². The van der Waals surface area contributed by atoms with Gasteiger partial charge in [0.05, 0.1) is 24.7 Å². The normalized spacial score (nSPS) is 11.9. The van der Waals surface area contributed by atoms with Crippen LogP contribution >= 0.6 is 0 Å². The smallest absolute Gasteiger partial charge is 0.241 e. The van der Waals surface area contributed by atoms with Crippen LogP contribution in [0.5, 0.6) is 0 Å². The molecule has 1 atom stereocenters. The number of hydrogen-bond acceptors (Lipinski definition) is 8. The van der Waals surface area contributed by atoms with E-state index in [1.807, 2.05) is 38.1 Å². The molecule has 0 aliphatic rings. The van der Waals surface area contributed by atoms with Gasteiger partial charge in [-0.1, -0.05) is 12.1 Å². The minimum Gasteiger partial charge on any atom is -0.611 e. The van der Waals surface area contributed by atoms with E-state index in [0.717, 1.165) is 16.0 Å². The van der Waals surface area contributed by atoms with Gasteiger partial charge in [-0.15, -0.1) is 0 Å². The van der Waals surface area contributed by atoms with E-state index in [9.17, 15) is 4.55 Å². The molecule has 2 aromatic carbocycles. The van der Waals surface area contributed by atoms with Crippen molar-refractivity contribution in [3.8, 4) is 11.3 Å². The molecule has 3 rings (SSSR count). The summed E-state index contributed by atoms with van der Waals surface area (Å²) in [5.74, 6) is -0.442. The lowest BCUT2D eigenvalue weighted by Crippen LogP contribution is -2.17. The van der Waals surface area contributed by atoms with Gasteiger partial charge in [-0.2, -0.15) is 0 Å². The Morgan fingerprint density at radius 1 is 1.06 bits per heavy atom. The molecule has 172 valence electrons. The first-order chi connectivity index (χ1) is 15.9.